The fraction of sp³-hybridized carbons (Fsp3) is 0.172. The van der Waals surface area contributed by atoms with Crippen LogP contribution in [0, 0.1) is 11.3 Å². The number of aromatic amines is 1. The van der Waals surface area contributed by atoms with Gasteiger partial charge in [-0.05, 0) is 59.2 Å². The SMILES string of the molecule is N#Cc1cc(-c2cccc3[nH]c(-c4ccc(-n5cccn5)cc4)cc23)ccc1OC1CCOCC1. The Bertz CT molecular complexity index is 1510. The van der Waals surface area contributed by atoms with E-state index in [0.29, 0.717) is 24.5 Å². The monoisotopic (exact) mass is 460 g/mol. The molecule has 6 heteroatoms. The highest BCUT2D eigenvalue weighted by Gasteiger charge is 2.18. The van der Waals surface area contributed by atoms with Gasteiger partial charge in [0.15, 0.2) is 0 Å². The van der Waals surface area contributed by atoms with Crippen LogP contribution in [0.3, 0.4) is 0 Å². The third-order valence-electron chi connectivity index (χ3n) is 6.48. The van der Waals surface area contributed by atoms with Crippen molar-refractivity contribution in [3.63, 3.8) is 0 Å². The minimum atomic E-state index is 0.0945. The number of H-pyrrole nitrogens is 1. The summed E-state index contributed by atoms with van der Waals surface area (Å²) in [4.78, 5) is 3.55. The molecule has 0 bridgehead atoms. The zero-order chi connectivity index (χ0) is 23.6. The van der Waals surface area contributed by atoms with Gasteiger partial charge in [-0.25, -0.2) is 4.68 Å². The Kier molecular flexibility index (Phi) is 5.53. The van der Waals surface area contributed by atoms with E-state index in [4.69, 9.17) is 9.47 Å². The molecule has 6 nitrogen and oxygen atoms in total. The van der Waals surface area contributed by atoms with Crippen LogP contribution >= 0.6 is 0 Å². The zero-order valence-electron chi connectivity index (χ0n) is 19.1. The molecule has 6 rings (SSSR count). The highest BCUT2D eigenvalue weighted by molar-refractivity contribution is 5.98. The van der Waals surface area contributed by atoms with Crippen LogP contribution < -0.4 is 4.74 Å². The van der Waals surface area contributed by atoms with Gasteiger partial charge in [-0.3, -0.25) is 0 Å². The van der Waals surface area contributed by atoms with E-state index >= 15 is 0 Å². The largest absolute Gasteiger partial charge is 0.489 e. The quantitative estimate of drug-likeness (QED) is 0.343. The molecule has 172 valence electrons. The highest BCUT2D eigenvalue weighted by Crippen LogP contribution is 2.35. The van der Waals surface area contributed by atoms with E-state index in [9.17, 15) is 5.26 Å². The number of fused-ring (bicyclic) bond motifs is 1. The molecule has 1 fully saturated rings. The summed E-state index contributed by atoms with van der Waals surface area (Å²) >= 11 is 0. The normalized spacial score (nSPS) is 14.1. The first-order chi connectivity index (χ1) is 17.3. The Morgan fingerprint density at radius 2 is 1.80 bits per heavy atom. The summed E-state index contributed by atoms with van der Waals surface area (Å²) in [5.41, 5.74) is 6.83. The van der Waals surface area contributed by atoms with Gasteiger partial charge in [0, 0.05) is 41.8 Å². The number of rotatable bonds is 5. The lowest BCUT2D eigenvalue weighted by Crippen LogP contribution is -2.26. The molecule has 1 saturated heterocycles. The Morgan fingerprint density at radius 1 is 0.971 bits per heavy atom. The van der Waals surface area contributed by atoms with Gasteiger partial charge >= 0.3 is 0 Å². The highest BCUT2D eigenvalue weighted by atomic mass is 16.5. The Morgan fingerprint density at radius 3 is 2.57 bits per heavy atom. The van der Waals surface area contributed by atoms with Crippen molar-refractivity contribution in [2.75, 3.05) is 13.2 Å². The number of nitrogens with zero attached hydrogens (tertiary/aromatic N) is 3. The molecule has 1 aliphatic heterocycles. The fourth-order valence-corrected chi connectivity index (χ4v) is 4.64. The molecular formula is C29H24N4O2. The first kappa shape index (κ1) is 21.2. The van der Waals surface area contributed by atoms with E-state index < -0.39 is 0 Å². The second-order valence-corrected chi connectivity index (χ2v) is 8.70. The van der Waals surface area contributed by atoms with Crippen LogP contribution in [0.4, 0.5) is 0 Å². The summed E-state index contributed by atoms with van der Waals surface area (Å²) in [5, 5.41) is 15.2. The molecule has 35 heavy (non-hydrogen) atoms. The zero-order valence-corrected chi connectivity index (χ0v) is 19.1. The first-order valence-corrected chi connectivity index (χ1v) is 11.8. The van der Waals surface area contributed by atoms with Gasteiger partial charge < -0.3 is 14.5 Å². The van der Waals surface area contributed by atoms with E-state index in [-0.39, 0.29) is 6.10 Å². The van der Waals surface area contributed by atoms with E-state index in [2.05, 4.69) is 58.6 Å². The maximum atomic E-state index is 9.81. The Balaban J connectivity index is 1.32. The van der Waals surface area contributed by atoms with Crippen LogP contribution in [0.15, 0.2) is 85.2 Å². The smallest absolute Gasteiger partial charge is 0.137 e. The lowest BCUT2D eigenvalue weighted by molar-refractivity contribution is 0.0254. The van der Waals surface area contributed by atoms with Gasteiger partial charge in [-0.1, -0.05) is 30.3 Å². The Labute approximate surface area is 203 Å². The van der Waals surface area contributed by atoms with E-state index in [1.807, 2.05) is 41.2 Å². The maximum absolute atomic E-state index is 9.81. The van der Waals surface area contributed by atoms with Crippen molar-refractivity contribution in [3.8, 4) is 39.9 Å². The van der Waals surface area contributed by atoms with Gasteiger partial charge in [-0.2, -0.15) is 10.4 Å². The summed E-state index contributed by atoms with van der Waals surface area (Å²) in [6.07, 6.45) is 5.49. The summed E-state index contributed by atoms with van der Waals surface area (Å²) in [6, 6.07) is 26.8. The van der Waals surface area contributed by atoms with Gasteiger partial charge in [0.05, 0.1) is 24.5 Å². The van der Waals surface area contributed by atoms with Crippen LogP contribution in [0.5, 0.6) is 5.75 Å². The first-order valence-electron chi connectivity index (χ1n) is 11.8. The number of nitrogens with one attached hydrogen (secondary N) is 1. The average molecular weight is 461 g/mol. The second-order valence-electron chi connectivity index (χ2n) is 8.70. The van der Waals surface area contributed by atoms with E-state index in [1.54, 1.807) is 6.20 Å². The maximum Gasteiger partial charge on any atom is 0.137 e. The molecular weight excluding hydrogens is 436 g/mol. The van der Waals surface area contributed by atoms with Crippen molar-refractivity contribution in [1.29, 1.82) is 5.26 Å². The molecule has 1 N–H and O–H groups in total. The number of hydrogen-bond donors (Lipinski definition) is 1. The number of hydrogen-bond acceptors (Lipinski definition) is 4. The summed E-state index contributed by atoms with van der Waals surface area (Å²) in [5.74, 6) is 0.641. The predicted octanol–water partition coefficient (Wildman–Crippen LogP) is 6.12. The summed E-state index contributed by atoms with van der Waals surface area (Å²) in [7, 11) is 0. The molecule has 0 unspecified atom stereocenters. The molecule has 2 aromatic heterocycles. The van der Waals surface area contributed by atoms with Crippen molar-refractivity contribution in [3.05, 3.63) is 90.8 Å². The number of benzene rings is 3. The van der Waals surface area contributed by atoms with Crippen LogP contribution in [-0.2, 0) is 4.74 Å². The summed E-state index contributed by atoms with van der Waals surface area (Å²) in [6.45, 7) is 1.41. The molecule has 0 amide bonds. The van der Waals surface area contributed by atoms with Gasteiger partial charge in [0.2, 0.25) is 0 Å². The number of ether oxygens (including phenoxy) is 2. The average Bonchev–Trinajstić information content (AvgIpc) is 3.60. The molecule has 0 atom stereocenters. The van der Waals surface area contributed by atoms with Crippen molar-refractivity contribution in [2.24, 2.45) is 0 Å². The molecule has 0 spiro atoms. The molecule has 0 aliphatic carbocycles. The molecule has 0 saturated carbocycles. The third-order valence-corrected chi connectivity index (χ3v) is 6.48. The van der Waals surface area contributed by atoms with Crippen LogP contribution in [0.2, 0.25) is 0 Å². The fourth-order valence-electron chi connectivity index (χ4n) is 4.64. The second kappa shape index (κ2) is 9.13. The van der Waals surface area contributed by atoms with Crippen LogP contribution in [0.1, 0.15) is 18.4 Å². The summed E-state index contributed by atoms with van der Waals surface area (Å²) < 4.78 is 13.4. The van der Waals surface area contributed by atoms with Gasteiger partial charge in [-0.15, -0.1) is 0 Å². The van der Waals surface area contributed by atoms with Crippen molar-refractivity contribution in [2.45, 2.75) is 18.9 Å². The molecule has 3 aromatic carbocycles. The van der Waals surface area contributed by atoms with Crippen LogP contribution in [0.25, 0.3) is 39.0 Å². The molecule has 0 radical (unpaired) electrons. The van der Waals surface area contributed by atoms with Crippen molar-refractivity contribution in [1.82, 2.24) is 14.8 Å². The van der Waals surface area contributed by atoms with Gasteiger partial charge in [0.25, 0.3) is 0 Å². The van der Waals surface area contributed by atoms with E-state index in [1.165, 1.54) is 0 Å². The Hall–Kier alpha value is -4.34. The van der Waals surface area contributed by atoms with Crippen LogP contribution in [-0.4, -0.2) is 34.1 Å². The molecule has 3 heterocycles. The van der Waals surface area contributed by atoms with Gasteiger partial charge in [0.1, 0.15) is 17.9 Å². The van der Waals surface area contributed by atoms with Crippen molar-refractivity contribution < 1.29 is 9.47 Å². The van der Waals surface area contributed by atoms with Crippen molar-refractivity contribution >= 4 is 10.9 Å². The number of aromatic nitrogens is 3. The van der Waals surface area contributed by atoms with E-state index in [0.717, 1.165) is 51.8 Å². The lowest BCUT2D eigenvalue weighted by atomic mass is 9.99. The molecule has 5 aromatic rings. The minimum absolute atomic E-state index is 0.0945. The predicted molar refractivity (Wildman–Crippen MR) is 135 cm³/mol. The standard InChI is InChI=1S/C29H24N4O2/c30-19-22-17-21(7-10-29(22)35-24-11-15-34-16-12-24)25-3-1-4-27-26(25)18-28(32-27)20-5-8-23(9-6-20)33-14-2-13-31-33/h1-10,13-14,17-18,24,32H,11-12,15-16H2. The molecule has 1 aliphatic rings. The third kappa shape index (κ3) is 4.18. The number of nitriles is 1. The topological polar surface area (TPSA) is 75.9 Å². The minimum Gasteiger partial charge on any atom is -0.489 e. The lowest BCUT2D eigenvalue weighted by Gasteiger charge is -2.24.